The molecule has 1 N–H and O–H groups in total. The standard InChI is InChI=1S/C22H29ClNO3P/c1-4-21(23)20(17-28(25,26-5-2)27-6-3)22(18-13-9-7-10-14-18)24-19-15-11-8-12-16-19/h7-17,21-22,24H,4-6H2,1-3H3/b20-17+. The van der Waals surface area contributed by atoms with Crippen molar-refractivity contribution in [3.63, 3.8) is 0 Å². The maximum absolute atomic E-state index is 13.2. The predicted octanol–water partition coefficient (Wildman–Crippen LogP) is 7.01. The van der Waals surface area contributed by atoms with E-state index < -0.39 is 7.60 Å². The molecule has 0 saturated carbocycles. The number of nitrogens with one attached hydrogen (secondary N) is 1. The highest BCUT2D eigenvalue weighted by molar-refractivity contribution is 7.57. The molecule has 0 aromatic heterocycles. The van der Waals surface area contributed by atoms with Gasteiger partial charge in [-0.1, -0.05) is 55.5 Å². The summed E-state index contributed by atoms with van der Waals surface area (Å²) in [4.78, 5) is 0. The Hall–Kier alpha value is -1.58. The van der Waals surface area contributed by atoms with E-state index in [0.29, 0.717) is 19.6 Å². The third kappa shape index (κ3) is 6.49. The largest absolute Gasteiger partial charge is 0.374 e. The topological polar surface area (TPSA) is 47.6 Å². The molecule has 152 valence electrons. The minimum atomic E-state index is -3.41. The Bertz CT molecular complexity index is 773. The zero-order valence-electron chi connectivity index (χ0n) is 16.7. The number of hydrogen-bond acceptors (Lipinski definition) is 4. The highest BCUT2D eigenvalue weighted by Gasteiger charge is 2.29. The van der Waals surface area contributed by atoms with Crippen molar-refractivity contribution in [1.29, 1.82) is 0 Å². The Morgan fingerprint density at radius 2 is 1.54 bits per heavy atom. The van der Waals surface area contributed by atoms with Crippen LogP contribution in [-0.4, -0.2) is 18.6 Å². The van der Waals surface area contributed by atoms with Crippen LogP contribution in [-0.2, 0) is 13.6 Å². The van der Waals surface area contributed by atoms with Crippen LogP contribution < -0.4 is 5.32 Å². The molecule has 0 saturated heterocycles. The summed E-state index contributed by atoms with van der Waals surface area (Å²) >= 11 is 6.71. The zero-order chi connectivity index (χ0) is 20.4. The SMILES string of the molecule is CCOP(=O)(/C=C(\C(Cl)CC)C(Nc1ccccc1)c1ccccc1)OCC. The molecule has 0 aliphatic carbocycles. The minimum Gasteiger partial charge on any atom is -0.374 e. The Labute approximate surface area is 173 Å². The van der Waals surface area contributed by atoms with Gasteiger partial charge >= 0.3 is 7.60 Å². The first kappa shape index (κ1) is 22.7. The van der Waals surface area contributed by atoms with Crippen LogP contribution in [0.5, 0.6) is 0 Å². The first-order valence-electron chi connectivity index (χ1n) is 9.65. The second-order valence-corrected chi connectivity index (χ2v) is 8.62. The van der Waals surface area contributed by atoms with E-state index in [-0.39, 0.29) is 11.4 Å². The number of para-hydroxylation sites is 1. The highest BCUT2D eigenvalue weighted by Crippen LogP contribution is 2.52. The van der Waals surface area contributed by atoms with Crippen LogP contribution >= 0.6 is 19.2 Å². The van der Waals surface area contributed by atoms with Crippen molar-refractivity contribution in [2.24, 2.45) is 0 Å². The summed E-state index contributed by atoms with van der Waals surface area (Å²) in [6, 6.07) is 19.6. The van der Waals surface area contributed by atoms with Gasteiger partial charge in [-0.2, -0.15) is 0 Å². The Morgan fingerprint density at radius 3 is 2.04 bits per heavy atom. The first-order chi connectivity index (χ1) is 13.5. The molecule has 0 aliphatic heterocycles. The molecule has 2 aromatic carbocycles. The molecular weight excluding hydrogens is 393 g/mol. The third-order valence-corrected chi connectivity index (χ3v) is 6.61. The van der Waals surface area contributed by atoms with Gasteiger partial charge in [-0.25, -0.2) is 0 Å². The second-order valence-electron chi connectivity index (χ2n) is 6.23. The molecule has 2 aromatic rings. The summed E-state index contributed by atoms with van der Waals surface area (Å²) in [7, 11) is -3.41. The molecule has 0 spiro atoms. The van der Waals surface area contributed by atoms with Crippen LogP contribution in [0.1, 0.15) is 38.8 Å². The van der Waals surface area contributed by atoms with Crippen molar-refractivity contribution in [3.8, 4) is 0 Å². The summed E-state index contributed by atoms with van der Waals surface area (Å²) in [5.74, 6) is 1.61. The number of rotatable bonds is 11. The van der Waals surface area contributed by atoms with Gasteiger partial charge in [0, 0.05) is 11.5 Å². The lowest BCUT2D eigenvalue weighted by molar-refractivity contribution is 0.228. The fraction of sp³-hybridized carbons (Fsp3) is 0.364. The van der Waals surface area contributed by atoms with Crippen molar-refractivity contribution in [2.45, 2.75) is 38.6 Å². The number of anilines is 1. The zero-order valence-corrected chi connectivity index (χ0v) is 18.3. The Balaban J connectivity index is 2.55. The maximum Gasteiger partial charge on any atom is 0.354 e. The van der Waals surface area contributed by atoms with Crippen LogP contribution in [0.25, 0.3) is 0 Å². The average molecular weight is 422 g/mol. The smallest absolute Gasteiger partial charge is 0.354 e. The molecule has 6 heteroatoms. The van der Waals surface area contributed by atoms with E-state index in [0.717, 1.165) is 16.8 Å². The van der Waals surface area contributed by atoms with Crippen LogP contribution in [0.15, 0.2) is 72.1 Å². The molecule has 0 bridgehead atoms. The van der Waals surface area contributed by atoms with Crippen LogP contribution in [0.3, 0.4) is 0 Å². The van der Waals surface area contributed by atoms with Crippen molar-refractivity contribution in [2.75, 3.05) is 18.5 Å². The second kappa shape index (κ2) is 11.4. The van der Waals surface area contributed by atoms with Crippen molar-refractivity contribution in [1.82, 2.24) is 0 Å². The monoisotopic (exact) mass is 421 g/mol. The molecule has 0 heterocycles. The minimum absolute atomic E-state index is 0.264. The molecule has 0 radical (unpaired) electrons. The fourth-order valence-electron chi connectivity index (χ4n) is 2.93. The van der Waals surface area contributed by atoms with E-state index in [4.69, 9.17) is 20.6 Å². The van der Waals surface area contributed by atoms with E-state index >= 15 is 0 Å². The van der Waals surface area contributed by atoms with E-state index in [1.165, 1.54) is 0 Å². The van der Waals surface area contributed by atoms with E-state index in [9.17, 15) is 4.57 Å². The Kier molecular flexibility index (Phi) is 9.27. The van der Waals surface area contributed by atoms with Gasteiger partial charge in [-0.15, -0.1) is 11.6 Å². The van der Waals surface area contributed by atoms with E-state index in [1.807, 2.05) is 67.6 Å². The van der Waals surface area contributed by atoms with Gasteiger partial charge in [0.15, 0.2) is 0 Å². The normalized spacial score (nSPS) is 14.5. The first-order valence-corrected chi connectivity index (χ1v) is 11.7. The molecular formula is C22H29ClNO3P. The van der Waals surface area contributed by atoms with Crippen LogP contribution in [0.4, 0.5) is 5.69 Å². The molecule has 2 rings (SSSR count). The van der Waals surface area contributed by atoms with Gasteiger partial charge in [-0.3, -0.25) is 4.57 Å². The lowest BCUT2D eigenvalue weighted by Gasteiger charge is -2.27. The fourth-order valence-corrected chi connectivity index (χ4v) is 4.85. The number of halogens is 1. The number of hydrogen-bond donors (Lipinski definition) is 1. The summed E-state index contributed by atoms with van der Waals surface area (Å²) in [5, 5.41) is 3.21. The van der Waals surface area contributed by atoms with E-state index in [2.05, 4.69) is 5.32 Å². The van der Waals surface area contributed by atoms with E-state index in [1.54, 1.807) is 19.7 Å². The third-order valence-electron chi connectivity index (χ3n) is 4.20. The summed E-state index contributed by atoms with van der Waals surface area (Å²) < 4.78 is 24.2. The van der Waals surface area contributed by atoms with Gasteiger partial charge in [0.05, 0.1) is 24.6 Å². The molecule has 0 fully saturated rings. The lowest BCUT2D eigenvalue weighted by Crippen LogP contribution is -2.20. The van der Waals surface area contributed by atoms with Crippen LogP contribution in [0.2, 0.25) is 0 Å². The molecule has 4 nitrogen and oxygen atoms in total. The quantitative estimate of drug-likeness (QED) is 0.313. The molecule has 2 unspecified atom stereocenters. The number of benzene rings is 2. The summed E-state index contributed by atoms with van der Waals surface area (Å²) in [6.07, 6.45) is 0.686. The summed E-state index contributed by atoms with van der Waals surface area (Å²) in [6.45, 7) is 6.19. The lowest BCUT2D eigenvalue weighted by atomic mass is 9.96. The average Bonchev–Trinajstić information content (AvgIpc) is 2.72. The van der Waals surface area contributed by atoms with Crippen molar-refractivity contribution in [3.05, 3.63) is 77.6 Å². The van der Waals surface area contributed by atoms with Gasteiger partial charge in [0.1, 0.15) is 0 Å². The number of alkyl halides is 1. The molecule has 0 amide bonds. The van der Waals surface area contributed by atoms with Crippen molar-refractivity contribution < 1.29 is 13.6 Å². The summed E-state index contributed by atoms with van der Waals surface area (Å²) in [5.41, 5.74) is 2.76. The van der Waals surface area contributed by atoms with Gasteiger partial charge in [0.2, 0.25) is 0 Å². The molecule has 28 heavy (non-hydrogen) atoms. The van der Waals surface area contributed by atoms with Crippen molar-refractivity contribution >= 4 is 24.9 Å². The van der Waals surface area contributed by atoms with Gasteiger partial charge in [-0.05, 0) is 43.5 Å². The Morgan fingerprint density at radius 1 is 1.00 bits per heavy atom. The predicted molar refractivity (Wildman–Crippen MR) is 118 cm³/mol. The highest BCUT2D eigenvalue weighted by atomic mass is 35.5. The van der Waals surface area contributed by atoms with Crippen LogP contribution in [0, 0.1) is 0 Å². The van der Waals surface area contributed by atoms with Gasteiger partial charge in [0.25, 0.3) is 0 Å². The molecule has 0 aliphatic rings. The molecule has 2 atom stereocenters. The maximum atomic E-state index is 13.2. The van der Waals surface area contributed by atoms with Gasteiger partial charge < -0.3 is 14.4 Å².